The van der Waals surface area contributed by atoms with E-state index in [1.165, 1.54) is 12.4 Å². The molecule has 0 aliphatic carbocycles. The number of ether oxygens (including phenoxy) is 2. The average molecular weight is 355 g/mol. The Balaban J connectivity index is 1.57. The number of nitrogens with zero attached hydrogens (tertiary/aromatic N) is 4. The monoisotopic (exact) mass is 355 g/mol. The van der Waals surface area contributed by atoms with Crippen molar-refractivity contribution >= 4 is 5.91 Å². The Hall–Kier alpha value is -3.49. The normalized spacial score (nSPS) is 10.4. The van der Waals surface area contributed by atoms with Crippen LogP contribution < -0.4 is 14.8 Å². The highest BCUT2D eigenvalue weighted by Crippen LogP contribution is 2.27. The summed E-state index contributed by atoms with van der Waals surface area (Å²) >= 11 is 0. The van der Waals surface area contributed by atoms with Gasteiger partial charge in [0.2, 0.25) is 11.8 Å². The highest BCUT2D eigenvalue weighted by molar-refractivity contribution is 5.77. The molecule has 1 N–H and O–H groups in total. The first kappa shape index (κ1) is 17.3. The van der Waals surface area contributed by atoms with E-state index < -0.39 is 0 Å². The standard InChI is InChI=1S/C17H17N5O4/c1-24-13-4-3-11(7-14(13)25-2)9-20-15(23)8-16-21-22-17(26-16)12-10-18-5-6-19-12/h3-7,10H,8-9H2,1-2H3,(H,20,23). The molecule has 2 heterocycles. The van der Waals surface area contributed by atoms with E-state index in [-0.39, 0.29) is 24.1 Å². The molecule has 2 aromatic heterocycles. The highest BCUT2D eigenvalue weighted by atomic mass is 16.5. The molecule has 1 amide bonds. The van der Waals surface area contributed by atoms with Crippen molar-refractivity contribution in [1.29, 1.82) is 0 Å². The number of carbonyl (C=O) groups excluding carboxylic acids is 1. The van der Waals surface area contributed by atoms with Crippen molar-refractivity contribution in [1.82, 2.24) is 25.5 Å². The molecule has 0 radical (unpaired) electrons. The topological polar surface area (TPSA) is 112 Å². The maximum absolute atomic E-state index is 12.1. The summed E-state index contributed by atoms with van der Waals surface area (Å²) in [5.41, 5.74) is 1.33. The van der Waals surface area contributed by atoms with E-state index in [1.807, 2.05) is 6.07 Å². The molecule has 0 saturated carbocycles. The summed E-state index contributed by atoms with van der Waals surface area (Å²) in [7, 11) is 3.13. The largest absolute Gasteiger partial charge is 0.493 e. The van der Waals surface area contributed by atoms with E-state index >= 15 is 0 Å². The minimum absolute atomic E-state index is 0.0272. The van der Waals surface area contributed by atoms with Gasteiger partial charge in [0.25, 0.3) is 5.89 Å². The van der Waals surface area contributed by atoms with E-state index in [2.05, 4.69) is 25.5 Å². The molecule has 9 heteroatoms. The van der Waals surface area contributed by atoms with Gasteiger partial charge < -0.3 is 19.2 Å². The molecule has 0 atom stereocenters. The first-order valence-electron chi connectivity index (χ1n) is 7.76. The number of aromatic nitrogens is 4. The molecule has 26 heavy (non-hydrogen) atoms. The van der Waals surface area contributed by atoms with Crippen LogP contribution in [0.5, 0.6) is 11.5 Å². The smallest absolute Gasteiger partial charge is 0.267 e. The predicted molar refractivity (Wildman–Crippen MR) is 90.4 cm³/mol. The zero-order chi connectivity index (χ0) is 18.4. The van der Waals surface area contributed by atoms with Crippen molar-refractivity contribution in [3.63, 3.8) is 0 Å². The lowest BCUT2D eigenvalue weighted by atomic mass is 10.2. The Morgan fingerprint density at radius 2 is 2.00 bits per heavy atom. The molecule has 134 valence electrons. The number of amides is 1. The van der Waals surface area contributed by atoms with E-state index in [4.69, 9.17) is 13.9 Å². The van der Waals surface area contributed by atoms with Gasteiger partial charge in [0.15, 0.2) is 11.5 Å². The quantitative estimate of drug-likeness (QED) is 0.677. The van der Waals surface area contributed by atoms with E-state index in [9.17, 15) is 4.79 Å². The molecule has 1 aromatic carbocycles. The zero-order valence-electron chi connectivity index (χ0n) is 14.3. The van der Waals surface area contributed by atoms with Crippen molar-refractivity contribution in [2.75, 3.05) is 14.2 Å². The summed E-state index contributed by atoms with van der Waals surface area (Å²) in [5, 5.41) is 10.5. The van der Waals surface area contributed by atoms with Crippen molar-refractivity contribution < 1.29 is 18.7 Å². The van der Waals surface area contributed by atoms with Crippen LogP contribution in [0.1, 0.15) is 11.5 Å². The number of hydrogen-bond donors (Lipinski definition) is 1. The van der Waals surface area contributed by atoms with E-state index in [0.29, 0.717) is 23.7 Å². The number of methoxy groups -OCH3 is 2. The molecule has 0 aliphatic rings. The van der Waals surface area contributed by atoms with Gasteiger partial charge in [0.1, 0.15) is 12.1 Å². The molecule has 3 rings (SSSR count). The Morgan fingerprint density at radius 1 is 1.15 bits per heavy atom. The minimum atomic E-state index is -0.242. The maximum Gasteiger partial charge on any atom is 0.267 e. The molecule has 0 saturated heterocycles. The van der Waals surface area contributed by atoms with Crippen molar-refractivity contribution in [2.45, 2.75) is 13.0 Å². The third-order valence-corrected chi connectivity index (χ3v) is 3.50. The molecule has 0 spiro atoms. The molecular weight excluding hydrogens is 338 g/mol. The Kier molecular flexibility index (Phi) is 5.37. The lowest BCUT2D eigenvalue weighted by Crippen LogP contribution is -2.24. The number of rotatable bonds is 7. The van der Waals surface area contributed by atoms with E-state index in [1.54, 1.807) is 32.5 Å². The van der Waals surface area contributed by atoms with Crippen LogP contribution in [0.3, 0.4) is 0 Å². The van der Waals surface area contributed by atoms with Gasteiger partial charge in [-0.1, -0.05) is 6.07 Å². The Labute approximate surface area is 149 Å². The van der Waals surface area contributed by atoms with Crippen LogP contribution in [-0.2, 0) is 17.8 Å². The van der Waals surface area contributed by atoms with Crippen molar-refractivity contribution in [3.05, 3.63) is 48.2 Å². The van der Waals surface area contributed by atoms with Gasteiger partial charge >= 0.3 is 0 Å². The lowest BCUT2D eigenvalue weighted by Gasteiger charge is -2.10. The molecule has 0 fully saturated rings. The lowest BCUT2D eigenvalue weighted by molar-refractivity contribution is -0.120. The zero-order valence-corrected chi connectivity index (χ0v) is 14.3. The van der Waals surface area contributed by atoms with Crippen LogP contribution in [0.2, 0.25) is 0 Å². The molecule has 0 unspecified atom stereocenters. The minimum Gasteiger partial charge on any atom is -0.493 e. The van der Waals surface area contributed by atoms with Gasteiger partial charge in [-0.15, -0.1) is 10.2 Å². The van der Waals surface area contributed by atoms with Crippen LogP contribution in [-0.4, -0.2) is 40.3 Å². The van der Waals surface area contributed by atoms with Crippen LogP contribution in [0, 0.1) is 0 Å². The number of carbonyl (C=O) groups is 1. The third-order valence-electron chi connectivity index (χ3n) is 3.50. The summed E-state index contributed by atoms with van der Waals surface area (Å²) in [5.74, 6) is 1.42. The van der Waals surface area contributed by atoms with E-state index in [0.717, 1.165) is 5.56 Å². The molecule has 0 aliphatic heterocycles. The summed E-state index contributed by atoms with van der Waals surface area (Å²) in [4.78, 5) is 20.1. The predicted octanol–water partition coefficient (Wildman–Crippen LogP) is 1.40. The van der Waals surface area contributed by atoms with Crippen molar-refractivity contribution in [3.8, 4) is 23.1 Å². The molecule has 9 nitrogen and oxygen atoms in total. The van der Waals surface area contributed by atoms with Crippen LogP contribution in [0.15, 0.2) is 41.2 Å². The number of nitrogens with one attached hydrogen (secondary N) is 1. The molecular formula is C17H17N5O4. The number of hydrogen-bond acceptors (Lipinski definition) is 8. The van der Waals surface area contributed by atoms with Crippen LogP contribution in [0.4, 0.5) is 0 Å². The summed E-state index contributed by atoms with van der Waals surface area (Å²) in [6.45, 7) is 0.338. The maximum atomic E-state index is 12.1. The van der Waals surface area contributed by atoms with Gasteiger partial charge in [-0.3, -0.25) is 9.78 Å². The SMILES string of the molecule is COc1ccc(CNC(=O)Cc2nnc(-c3cnccn3)o2)cc1OC. The average Bonchev–Trinajstić information content (AvgIpc) is 3.15. The van der Waals surface area contributed by atoms with Gasteiger partial charge in [-0.25, -0.2) is 4.98 Å². The highest BCUT2D eigenvalue weighted by Gasteiger charge is 2.13. The Morgan fingerprint density at radius 3 is 2.73 bits per heavy atom. The van der Waals surface area contributed by atoms with Gasteiger partial charge in [0.05, 0.1) is 20.4 Å². The van der Waals surface area contributed by atoms with Gasteiger partial charge in [-0.2, -0.15) is 0 Å². The van der Waals surface area contributed by atoms with Crippen molar-refractivity contribution in [2.24, 2.45) is 0 Å². The number of benzene rings is 1. The second-order valence-electron chi connectivity index (χ2n) is 5.23. The van der Waals surface area contributed by atoms with Gasteiger partial charge in [0, 0.05) is 18.9 Å². The third kappa shape index (κ3) is 4.12. The fourth-order valence-corrected chi connectivity index (χ4v) is 2.23. The fraction of sp³-hybridized carbons (Fsp3) is 0.235. The first-order chi connectivity index (χ1) is 12.7. The van der Waals surface area contributed by atoms with Gasteiger partial charge in [-0.05, 0) is 17.7 Å². The summed E-state index contributed by atoms with van der Waals surface area (Å²) in [6.07, 6.45) is 4.55. The summed E-state index contributed by atoms with van der Waals surface area (Å²) < 4.78 is 15.9. The second kappa shape index (κ2) is 8.06. The Bertz CT molecular complexity index is 882. The first-order valence-corrected chi connectivity index (χ1v) is 7.76. The van der Waals surface area contributed by atoms with Crippen LogP contribution in [0.25, 0.3) is 11.6 Å². The second-order valence-corrected chi connectivity index (χ2v) is 5.23. The fourth-order valence-electron chi connectivity index (χ4n) is 2.23. The summed E-state index contributed by atoms with van der Waals surface area (Å²) in [6, 6.07) is 5.43. The molecule has 3 aromatic rings. The van der Waals surface area contributed by atoms with Crippen LogP contribution >= 0.6 is 0 Å². The molecule has 0 bridgehead atoms.